The Labute approximate surface area is 133 Å². The average Bonchev–Trinajstić information content (AvgIpc) is 3.08. The summed E-state index contributed by atoms with van der Waals surface area (Å²) in [6, 6.07) is 9.43. The largest absolute Gasteiger partial charge is 0.432 e. The van der Waals surface area contributed by atoms with Crippen LogP contribution in [0.15, 0.2) is 40.9 Å². The molecule has 0 radical (unpaired) electrons. The first-order valence-corrected chi connectivity index (χ1v) is 7.43. The number of carbonyl (C=O) groups is 2. The van der Waals surface area contributed by atoms with Crippen LogP contribution in [0.1, 0.15) is 36.4 Å². The number of nitrogens with one attached hydrogen (secondary N) is 2. The molecule has 7 heteroatoms. The number of aromatic nitrogens is 1. The zero-order chi connectivity index (χ0) is 16.5. The molecule has 1 aromatic carbocycles. The Bertz CT molecular complexity index is 640. The van der Waals surface area contributed by atoms with Crippen LogP contribution in [-0.4, -0.2) is 28.6 Å². The van der Waals surface area contributed by atoms with E-state index in [9.17, 15) is 9.59 Å². The summed E-state index contributed by atoms with van der Waals surface area (Å²) >= 11 is 0. The lowest BCUT2D eigenvalue weighted by Crippen LogP contribution is -2.24. The number of amides is 2. The second-order valence-corrected chi connectivity index (χ2v) is 5.00. The fourth-order valence-electron chi connectivity index (χ4n) is 2.04. The maximum Gasteiger partial charge on any atom is 0.307 e. The van der Waals surface area contributed by atoms with Gasteiger partial charge in [0.25, 0.3) is 5.89 Å². The van der Waals surface area contributed by atoms with Crippen LogP contribution in [0.5, 0.6) is 0 Å². The molecule has 0 atom stereocenters. The predicted molar refractivity (Wildman–Crippen MR) is 82.7 cm³/mol. The number of rotatable bonds is 8. The van der Waals surface area contributed by atoms with E-state index in [1.165, 1.54) is 6.20 Å². The fourth-order valence-corrected chi connectivity index (χ4v) is 2.04. The highest BCUT2D eigenvalue weighted by molar-refractivity contribution is 5.89. The lowest BCUT2D eigenvalue weighted by atomic mass is 10.2. The van der Waals surface area contributed by atoms with Crippen molar-refractivity contribution in [3.63, 3.8) is 0 Å². The Morgan fingerprint density at radius 1 is 1.13 bits per heavy atom. The molecular formula is C16H19N3O4. The van der Waals surface area contributed by atoms with Crippen molar-refractivity contribution in [2.75, 3.05) is 6.54 Å². The first-order valence-electron chi connectivity index (χ1n) is 7.43. The number of nitrogens with zero attached hydrogens (tertiary/aromatic N) is 1. The van der Waals surface area contributed by atoms with E-state index < -0.39 is 5.91 Å². The maximum atomic E-state index is 11.9. The van der Waals surface area contributed by atoms with E-state index >= 15 is 0 Å². The molecular weight excluding hydrogens is 298 g/mol. The van der Waals surface area contributed by atoms with Crippen molar-refractivity contribution in [3.05, 3.63) is 42.4 Å². The zero-order valence-electron chi connectivity index (χ0n) is 12.6. The van der Waals surface area contributed by atoms with Crippen LogP contribution in [0.2, 0.25) is 0 Å². The zero-order valence-corrected chi connectivity index (χ0v) is 12.6. The lowest BCUT2D eigenvalue weighted by molar-refractivity contribution is -0.129. The topological polar surface area (TPSA) is 104 Å². The summed E-state index contributed by atoms with van der Waals surface area (Å²) in [6.45, 7) is 0.475. The molecule has 7 nitrogen and oxygen atoms in total. The lowest BCUT2D eigenvalue weighted by Gasteiger charge is -2.02. The van der Waals surface area contributed by atoms with Crippen LogP contribution in [0.4, 0.5) is 0 Å². The van der Waals surface area contributed by atoms with E-state index in [0.29, 0.717) is 18.7 Å². The summed E-state index contributed by atoms with van der Waals surface area (Å²) < 4.78 is 5.45. The van der Waals surface area contributed by atoms with Crippen molar-refractivity contribution in [3.8, 4) is 11.3 Å². The van der Waals surface area contributed by atoms with E-state index in [4.69, 9.17) is 9.62 Å². The highest BCUT2D eigenvalue weighted by Gasteiger charge is 2.13. The van der Waals surface area contributed by atoms with Gasteiger partial charge in [-0.1, -0.05) is 36.8 Å². The van der Waals surface area contributed by atoms with Gasteiger partial charge >= 0.3 is 5.91 Å². The van der Waals surface area contributed by atoms with Crippen molar-refractivity contribution in [1.82, 2.24) is 15.8 Å². The molecule has 2 amide bonds. The Morgan fingerprint density at radius 3 is 2.65 bits per heavy atom. The summed E-state index contributed by atoms with van der Waals surface area (Å²) in [5.74, 6) is -0.183. The molecule has 0 aliphatic heterocycles. The number of hydroxylamine groups is 1. The summed E-state index contributed by atoms with van der Waals surface area (Å²) in [5, 5.41) is 11.1. The first-order chi connectivity index (χ1) is 11.2. The van der Waals surface area contributed by atoms with Gasteiger partial charge in [0.15, 0.2) is 5.76 Å². The molecule has 3 N–H and O–H groups in total. The molecule has 0 spiro atoms. The van der Waals surface area contributed by atoms with Crippen LogP contribution >= 0.6 is 0 Å². The minimum atomic E-state index is -0.401. The average molecular weight is 317 g/mol. The third kappa shape index (κ3) is 5.23. The number of hydrogen-bond donors (Lipinski definition) is 3. The van der Waals surface area contributed by atoms with Gasteiger partial charge in [-0.15, -0.1) is 0 Å². The normalized spacial score (nSPS) is 10.3. The second kappa shape index (κ2) is 8.70. The molecule has 0 aliphatic rings. The number of carbonyl (C=O) groups excluding carboxylic acids is 2. The van der Waals surface area contributed by atoms with Gasteiger partial charge in [-0.25, -0.2) is 10.5 Å². The SMILES string of the molecule is O=C(CCCCCNC(=O)c1ncc(-c2ccccc2)o1)NO. The Kier molecular flexibility index (Phi) is 6.31. The Hall–Kier alpha value is -2.67. The first kappa shape index (κ1) is 16.7. The van der Waals surface area contributed by atoms with Crippen molar-refractivity contribution in [2.45, 2.75) is 25.7 Å². The fraction of sp³-hybridized carbons (Fsp3) is 0.312. The maximum absolute atomic E-state index is 11.9. The van der Waals surface area contributed by atoms with Crippen molar-refractivity contribution in [2.24, 2.45) is 0 Å². The van der Waals surface area contributed by atoms with Gasteiger partial charge in [-0.2, -0.15) is 0 Å². The number of oxazole rings is 1. The van der Waals surface area contributed by atoms with Crippen LogP contribution in [0.3, 0.4) is 0 Å². The quantitative estimate of drug-likeness (QED) is 0.393. The summed E-state index contributed by atoms with van der Waals surface area (Å²) in [4.78, 5) is 26.7. The summed E-state index contributed by atoms with van der Waals surface area (Å²) in [5.41, 5.74) is 2.44. The molecule has 0 fully saturated rings. The van der Waals surface area contributed by atoms with Gasteiger partial charge in [0, 0.05) is 18.5 Å². The van der Waals surface area contributed by atoms with Crippen LogP contribution in [-0.2, 0) is 4.79 Å². The van der Waals surface area contributed by atoms with E-state index in [-0.39, 0.29) is 18.2 Å². The highest BCUT2D eigenvalue weighted by Crippen LogP contribution is 2.19. The molecule has 0 aliphatic carbocycles. The monoisotopic (exact) mass is 317 g/mol. The molecule has 2 rings (SSSR count). The third-order valence-electron chi connectivity index (χ3n) is 3.25. The molecule has 0 unspecified atom stereocenters. The summed E-state index contributed by atoms with van der Waals surface area (Å²) in [6.07, 6.45) is 3.95. The van der Waals surface area contributed by atoms with Gasteiger partial charge in [-0.3, -0.25) is 14.8 Å². The van der Waals surface area contributed by atoms with E-state index in [2.05, 4.69) is 10.3 Å². The van der Waals surface area contributed by atoms with Gasteiger partial charge in [-0.05, 0) is 12.8 Å². The number of hydrogen-bond acceptors (Lipinski definition) is 5. The smallest absolute Gasteiger partial charge is 0.307 e. The van der Waals surface area contributed by atoms with Crippen molar-refractivity contribution in [1.29, 1.82) is 0 Å². The van der Waals surface area contributed by atoms with E-state index in [0.717, 1.165) is 18.4 Å². The highest BCUT2D eigenvalue weighted by atomic mass is 16.5. The second-order valence-electron chi connectivity index (χ2n) is 5.00. The molecule has 0 saturated carbocycles. The Balaban J connectivity index is 1.72. The van der Waals surface area contributed by atoms with E-state index in [1.54, 1.807) is 5.48 Å². The molecule has 23 heavy (non-hydrogen) atoms. The molecule has 0 saturated heterocycles. The van der Waals surface area contributed by atoms with Gasteiger partial charge in [0.05, 0.1) is 6.20 Å². The molecule has 1 aromatic heterocycles. The van der Waals surface area contributed by atoms with Crippen LogP contribution in [0.25, 0.3) is 11.3 Å². The molecule has 2 aromatic rings. The van der Waals surface area contributed by atoms with Gasteiger partial charge in [0.1, 0.15) is 0 Å². The van der Waals surface area contributed by atoms with Crippen LogP contribution in [0, 0.1) is 0 Å². The standard InChI is InChI=1S/C16H19N3O4/c20-14(19-22)9-5-2-6-10-17-15(21)16-18-11-13(23-16)12-7-3-1-4-8-12/h1,3-4,7-8,11,22H,2,5-6,9-10H2,(H,17,21)(H,19,20). The van der Waals surface area contributed by atoms with Crippen LogP contribution < -0.4 is 10.8 Å². The number of benzene rings is 1. The minimum absolute atomic E-state index is 0.0310. The molecule has 122 valence electrons. The summed E-state index contributed by atoms with van der Waals surface area (Å²) in [7, 11) is 0. The Morgan fingerprint density at radius 2 is 1.91 bits per heavy atom. The van der Waals surface area contributed by atoms with E-state index in [1.807, 2.05) is 30.3 Å². The van der Waals surface area contributed by atoms with Crippen molar-refractivity contribution < 1.29 is 19.2 Å². The molecule has 1 heterocycles. The van der Waals surface area contributed by atoms with Gasteiger partial charge in [0.2, 0.25) is 5.91 Å². The van der Waals surface area contributed by atoms with Gasteiger partial charge < -0.3 is 9.73 Å². The predicted octanol–water partition coefficient (Wildman–Crippen LogP) is 2.14. The molecule has 0 bridgehead atoms. The number of unbranched alkanes of at least 4 members (excludes halogenated alkanes) is 2. The van der Waals surface area contributed by atoms with Crippen molar-refractivity contribution >= 4 is 11.8 Å². The minimum Gasteiger partial charge on any atom is -0.432 e. The third-order valence-corrected chi connectivity index (χ3v) is 3.25.